The fourth-order valence-corrected chi connectivity index (χ4v) is 3.01. The van der Waals surface area contributed by atoms with Gasteiger partial charge in [0.2, 0.25) is 0 Å². The number of nitrogens with one attached hydrogen (secondary N) is 1. The number of carbonyl (C=O) groups excluding carboxylic acids is 1. The quantitative estimate of drug-likeness (QED) is 0.927. The maximum Gasteiger partial charge on any atom is 0.286 e. The van der Waals surface area contributed by atoms with Crippen LogP contribution in [0.5, 0.6) is 0 Å². The Morgan fingerprint density at radius 3 is 2.74 bits per heavy atom. The van der Waals surface area contributed by atoms with Gasteiger partial charge in [0.1, 0.15) is 0 Å². The molecule has 1 N–H and O–H groups in total. The summed E-state index contributed by atoms with van der Waals surface area (Å²) in [5, 5.41) is 3.06. The maximum atomic E-state index is 12.3. The zero-order valence-corrected chi connectivity index (χ0v) is 13.6. The van der Waals surface area contributed by atoms with Crippen molar-refractivity contribution >= 4 is 11.6 Å². The average Bonchev–Trinajstić information content (AvgIpc) is 2.63. The van der Waals surface area contributed by atoms with E-state index in [1.54, 1.807) is 0 Å². The van der Waals surface area contributed by atoms with Crippen LogP contribution < -0.4 is 10.2 Å². The molecule has 23 heavy (non-hydrogen) atoms. The summed E-state index contributed by atoms with van der Waals surface area (Å²) in [5.74, 6) is 0.320. The summed E-state index contributed by atoms with van der Waals surface area (Å²) >= 11 is 0. The number of nitrogens with zero attached hydrogens (tertiary/aromatic N) is 1. The lowest BCUT2D eigenvalue weighted by Crippen LogP contribution is -2.38. The summed E-state index contributed by atoms with van der Waals surface area (Å²) < 4.78 is 10.9. The lowest BCUT2D eigenvalue weighted by Gasteiger charge is -2.32. The minimum Gasteiger partial charge on any atom is -0.488 e. The van der Waals surface area contributed by atoms with Crippen LogP contribution in [0, 0.1) is 0 Å². The number of amides is 1. The number of rotatable bonds is 4. The SMILES string of the molecule is C[C@@H](NC(=O)C1=CCCCO1)c1ccccc1N1CCOCC1. The third-order valence-corrected chi connectivity index (χ3v) is 4.26. The first-order valence-electron chi connectivity index (χ1n) is 8.31. The van der Waals surface area contributed by atoms with Crippen molar-refractivity contribution in [3.8, 4) is 0 Å². The lowest BCUT2D eigenvalue weighted by atomic mass is 10.0. The Balaban J connectivity index is 1.72. The van der Waals surface area contributed by atoms with Gasteiger partial charge in [0.05, 0.1) is 25.9 Å². The molecule has 1 aromatic carbocycles. The Kier molecular flexibility index (Phi) is 5.18. The van der Waals surface area contributed by atoms with Gasteiger partial charge in [-0.15, -0.1) is 0 Å². The average molecular weight is 316 g/mol. The Morgan fingerprint density at radius 2 is 2.00 bits per heavy atom. The highest BCUT2D eigenvalue weighted by atomic mass is 16.5. The normalized spacial score (nSPS) is 19.5. The van der Waals surface area contributed by atoms with Crippen LogP contribution >= 0.6 is 0 Å². The molecular formula is C18H24N2O3. The Bertz CT molecular complexity index is 579. The summed E-state index contributed by atoms with van der Waals surface area (Å²) in [4.78, 5) is 14.6. The predicted molar refractivity (Wildman–Crippen MR) is 89.3 cm³/mol. The molecule has 0 aromatic heterocycles. The second-order valence-electron chi connectivity index (χ2n) is 5.91. The van der Waals surface area contributed by atoms with Gasteiger partial charge in [0, 0.05) is 18.8 Å². The number of benzene rings is 1. The Hall–Kier alpha value is -2.01. The number of hydrogen-bond donors (Lipinski definition) is 1. The highest BCUT2D eigenvalue weighted by Gasteiger charge is 2.21. The fourth-order valence-electron chi connectivity index (χ4n) is 3.01. The van der Waals surface area contributed by atoms with Gasteiger partial charge in [0.25, 0.3) is 5.91 Å². The summed E-state index contributed by atoms with van der Waals surface area (Å²) in [5.41, 5.74) is 2.29. The molecule has 1 amide bonds. The largest absolute Gasteiger partial charge is 0.488 e. The highest BCUT2D eigenvalue weighted by molar-refractivity contribution is 5.91. The standard InChI is InChI=1S/C18H24N2O3/c1-14(19-18(21)17-8-4-5-11-23-17)15-6-2-3-7-16(15)20-9-12-22-13-10-20/h2-3,6-8,14H,4-5,9-13H2,1H3,(H,19,21)/t14-/m1/s1. The zero-order chi connectivity index (χ0) is 16.1. The molecule has 3 rings (SSSR count). The van der Waals surface area contributed by atoms with Crippen LogP contribution in [0.25, 0.3) is 0 Å². The third kappa shape index (κ3) is 3.85. The predicted octanol–water partition coefficient (Wildman–Crippen LogP) is 2.39. The van der Waals surface area contributed by atoms with Gasteiger partial charge in [0.15, 0.2) is 5.76 Å². The molecule has 0 unspecified atom stereocenters. The minimum atomic E-state index is -0.131. The van der Waals surface area contributed by atoms with Gasteiger partial charge in [-0.05, 0) is 37.5 Å². The molecule has 0 saturated carbocycles. The maximum absolute atomic E-state index is 12.3. The van der Waals surface area contributed by atoms with Crippen molar-refractivity contribution in [2.45, 2.75) is 25.8 Å². The molecule has 1 aromatic rings. The van der Waals surface area contributed by atoms with Crippen molar-refractivity contribution in [1.29, 1.82) is 0 Å². The molecule has 1 fully saturated rings. The van der Waals surface area contributed by atoms with E-state index in [2.05, 4.69) is 22.3 Å². The van der Waals surface area contributed by atoms with Crippen LogP contribution in [0.2, 0.25) is 0 Å². The van der Waals surface area contributed by atoms with E-state index in [4.69, 9.17) is 9.47 Å². The first-order valence-corrected chi connectivity index (χ1v) is 8.31. The van der Waals surface area contributed by atoms with Crippen molar-refractivity contribution < 1.29 is 14.3 Å². The van der Waals surface area contributed by atoms with Crippen LogP contribution in [-0.2, 0) is 14.3 Å². The zero-order valence-electron chi connectivity index (χ0n) is 13.6. The van der Waals surface area contributed by atoms with Gasteiger partial charge in [-0.3, -0.25) is 4.79 Å². The van der Waals surface area contributed by atoms with Gasteiger partial charge in [-0.2, -0.15) is 0 Å². The van der Waals surface area contributed by atoms with E-state index in [0.717, 1.165) is 44.7 Å². The van der Waals surface area contributed by atoms with E-state index in [1.807, 2.05) is 25.1 Å². The molecule has 2 heterocycles. The van der Waals surface area contributed by atoms with Gasteiger partial charge in [-0.25, -0.2) is 0 Å². The second-order valence-corrected chi connectivity index (χ2v) is 5.91. The smallest absolute Gasteiger partial charge is 0.286 e. The van der Waals surface area contributed by atoms with Gasteiger partial charge < -0.3 is 19.7 Å². The van der Waals surface area contributed by atoms with Crippen molar-refractivity contribution in [2.75, 3.05) is 37.8 Å². The molecule has 0 spiro atoms. The van der Waals surface area contributed by atoms with Crippen LogP contribution in [-0.4, -0.2) is 38.8 Å². The number of morpholine rings is 1. The molecule has 1 saturated heterocycles. The lowest BCUT2D eigenvalue weighted by molar-refractivity contribution is -0.121. The number of carbonyl (C=O) groups is 1. The summed E-state index contributed by atoms with van der Waals surface area (Å²) in [7, 11) is 0. The molecule has 2 aliphatic heterocycles. The second kappa shape index (κ2) is 7.51. The molecule has 5 heteroatoms. The third-order valence-electron chi connectivity index (χ3n) is 4.26. The van der Waals surface area contributed by atoms with Crippen LogP contribution in [0.1, 0.15) is 31.4 Å². The first kappa shape index (κ1) is 15.9. The van der Waals surface area contributed by atoms with E-state index in [-0.39, 0.29) is 11.9 Å². The van der Waals surface area contributed by atoms with Gasteiger partial charge in [-0.1, -0.05) is 18.2 Å². The van der Waals surface area contributed by atoms with Crippen molar-refractivity contribution in [2.24, 2.45) is 0 Å². The van der Waals surface area contributed by atoms with Crippen molar-refractivity contribution in [3.63, 3.8) is 0 Å². The van der Waals surface area contributed by atoms with Crippen LogP contribution in [0.15, 0.2) is 36.1 Å². The van der Waals surface area contributed by atoms with Crippen LogP contribution in [0.4, 0.5) is 5.69 Å². The first-order chi connectivity index (χ1) is 11.3. The van der Waals surface area contributed by atoms with E-state index in [1.165, 1.54) is 5.69 Å². The van der Waals surface area contributed by atoms with Crippen molar-refractivity contribution in [1.82, 2.24) is 5.32 Å². The number of hydrogen-bond acceptors (Lipinski definition) is 4. The Morgan fingerprint density at radius 1 is 1.22 bits per heavy atom. The summed E-state index contributed by atoms with van der Waals surface area (Å²) in [6.07, 6.45) is 3.76. The van der Waals surface area contributed by atoms with Crippen LogP contribution in [0.3, 0.4) is 0 Å². The Labute approximate surface area is 137 Å². The number of para-hydroxylation sites is 1. The summed E-state index contributed by atoms with van der Waals surface area (Å²) in [6, 6.07) is 8.16. The highest BCUT2D eigenvalue weighted by Crippen LogP contribution is 2.27. The van der Waals surface area contributed by atoms with E-state index >= 15 is 0 Å². The number of allylic oxidation sites excluding steroid dienone is 1. The molecule has 0 aliphatic carbocycles. The number of anilines is 1. The van der Waals surface area contributed by atoms with E-state index < -0.39 is 0 Å². The topological polar surface area (TPSA) is 50.8 Å². The molecule has 2 aliphatic rings. The summed E-state index contributed by atoms with van der Waals surface area (Å²) in [6.45, 7) is 5.89. The minimum absolute atomic E-state index is 0.0760. The van der Waals surface area contributed by atoms with E-state index in [9.17, 15) is 4.79 Å². The monoisotopic (exact) mass is 316 g/mol. The van der Waals surface area contributed by atoms with Crippen molar-refractivity contribution in [3.05, 3.63) is 41.7 Å². The molecule has 124 valence electrons. The van der Waals surface area contributed by atoms with Gasteiger partial charge >= 0.3 is 0 Å². The molecule has 0 bridgehead atoms. The van der Waals surface area contributed by atoms with E-state index in [0.29, 0.717) is 12.4 Å². The fraction of sp³-hybridized carbons (Fsp3) is 0.500. The molecule has 1 atom stereocenters. The number of ether oxygens (including phenoxy) is 2. The molecular weight excluding hydrogens is 292 g/mol. The molecule has 0 radical (unpaired) electrons. The molecule has 5 nitrogen and oxygen atoms in total.